The highest BCUT2D eigenvalue weighted by molar-refractivity contribution is 5.94. The standard InChI is InChI=1S/C17H24N2O3.ClH/c1-21-7-2-8-22-16-5-3-13(4-6-16)17(20)19-11-14-9-18-10-15(14)12-19;/h3-6,14-15,18H,2,7-12H2,1H3;1H/t14-,15+;. The van der Waals surface area contributed by atoms with E-state index in [0.29, 0.717) is 25.0 Å². The average Bonchev–Trinajstić information content (AvgIpc) is 3.13. The number of methoxy groups -OCH3 is 1. The van der Waals surface area contributed by atoms with Gasteiger partial charge in [0, 0.05) is 51.9 Å². The number of nitrogens with one attached hydrogen (secondary N) is 1. The molecular formula is C17H25ClN2O3. The minimum Gasteiger partial charge on any atom is -0.494 e. The van der Waals surface area contributed by atoms with Gasteiger partial charge in [0.2, 0.25) is 0 Å². The SMILES string of the molecule is COCCCOc1ccc(C(=O)N2C[C@H]3CNC[C@H]3C2)cc1.Cl. The summed E-state index contributed by atoms with van der Waals surface area (Å²) in [5.41, 5.74) is 0.747. The van der Waals surface area contributed by atoms with Gasteiger partial charge >= 0.3 is 0 Å². The monoisotopic (exact) mass is 340 g/mol. The van der Waals surface area contributed by atoms with Crippen LogP contribution in [-0.2, 0) is 4.74 Å². The van der Waals surface area contributed by atoms with Crippen LogP contribution in [0.15, 0.2) is 24.3 Å². The highest BCUT2D eigenvalue weighted by Crippen LogP contribution is 2.27. The Labute approximate surface area is 143 Å². The Morgan fingerprint density at radius 3 is 2.43 bits per heavy atom. The zero-order chi connectivity index (χ0) is 15.4. The van der Waals surface area contributed by atoms with Gasteiger partial charge in [-0.2, -0.15) is 0 Å². The second-order valence-corrected chi connectivity index (χ2v) is 6.11. The molecule has 2 atom stereocenters. The minimum absolute atomic E-state index is 0. The lowest BCUT2D eigenvalue weighted by atomic mass is 10.0. The van der Waals surface area contributed by atoms with Crippen molar-refractivity contribution in [1.29, 1.82) is 0 Å². The molecule has 0 spiro atoms. The second kappa shape index (κ2) is 8.52. The molecule has 5 nitrogen and oxygen atoms in total. The zero-order valence-electron chi connectivity index (χ0n) is 13.5. The molecule has 1 amide bonds. The van der Waals surface area contributed by atoms with Crippen molar-refractivity contribution in [1.82, 2.24) is 10.2 Å². The number of halogens is 1. The van der Waals surface area contributed by atoms with E-state index in [-0.39, 0.29) is 18.3 Å². The van der Waals surface area contributed by atoms with E-state index in [2.05, 4.69) is 5.32 Å². The molecule has 2 saturated heterocycles. The van der Waals surface area contributed by atoms with Crippen LogP contribution in [0, 0.1) is 11.8 Å². The number of likely N-dealkylation sites (tertiary alicyclic amines) is 1. The molecule has 2 aliphatic heterocycles. The number of carbonyl (C=O) groups excluding carboxylic acids is 1. The van der Waals surface area contributed by atoms with Crippen LogP contribution in [0.1, 0.15) is 16.8 Å². The Hall–Kier alpha value is -1.30. The third-order valence-corrected chi connectivity index (χ3v) is 4.54. The average molecular weight is 341 g/mol. The first-order chi connectivity index (χ1) is 10.8. The first-order valence-electron chi connectivity index (χ1n) is 7.99. The van der Waals surface area contributed by atoms with Crippen molar-refractivity contribution in [2.45, 2.75) is 6.42 Å². The Bertz CT molecular complexity index is 497. The number of hydrogen-bond donors (Lipinski definition) is 1. The number of fused-ring (bicyclic) bond motifs is 1. The van der Waals surface area contributed by atoms with Crippen LogP contribution >= 0.6 is 12.4 Å². The fourth-order valence-corrected chi connectivity index (χ4v) is 3.29. The van der Waals surface area contributed by atoms with Crippen LogP contribution in [-0.4, -0.2) is 57.3 Å². The van der Waals surface area contributed by atoms with E-state index in [1.807, 2.05) is 29.2 Å². The fourth-order valence-electron chi connectivity index (χ4n) is 3.29. The van der Waals surface area contributed by atoms with Gasteiger partial charge in [0.1, 0.15) is 5.75 Å². The molecule has 2 aliphatic rings. The van der Waals surface area contributed by atoms with E-state index in [0.717, 1.165) is 43.9 Å². The molecule has 1 aromatic carbocycles. The molecule has 1 N–H and O–H groups in total. The first kappa shape index (κ1) is 18.0. The molecule has 0 bridgehead atoms. The molecule has 23 heavy (non-hydrogen) atoms. The zero-order valence-corrected chi connectivity index (χ0v) is 14.3. The molecule has 0 aliphatic carbocycles. The molecular weight excluding hydrogens is 316 g/mol. The topological polar surface area (TPSA) is 50.8 Å². The molecule has 2 heterocycles. The van der Waals surface area contributed by atoms with Crippen LogP contribution in [0.25, 0.3) is 0 Å². The summed E-state index contributed by atoms with van der Waals surface area (Å²) in [5, 5.41) is 3.40. The summed E-state index contributed by atoms with van der Waals surface area (Å²) in [6.07, 6.45) is 0.863. The number of rotatable bonds is 6. The maximum Gasteiger partial charge on any atom is 0.253 e. The van der Waals surface area contributed by atoms with Crippen molar-refractivity contribution < 1.29 is 14.3 Å². The third kappa shape index (κ3) is 4.37. The summed E-state index contributed by atoms with van der Waals surface area (Å²) < 4.78 is 10.6. The number of carbonyl (C=O) groups is 1. The van der Waals surface area contributed by atoms with E-state index < -0.39 is 0 Å². The summed E-state index contributed by atoms with van der Waals surface area (Å²) in [5.74, 6) is 2.20. The number of hydrogen-bond acceptors (Lipinski definition) is 4. The molecule has 1 aromatic rings. The molecule has 0 saturated carbocycles. The molecule has 0 radical (unpaired) electrons. The first-order valence-corrected chi connectivity index (χ1v) is 7.99. The van der Waals surface area contributed by atoms with E-state index in [9.17, 15) is 4.79 Å². The number of amides is 1. The lowest BCUT2D eigenvalue weighted by Gasteiger charge is -2.17. The Morgan fingerprint density at radius 1 is 1.17 bits per heavy atom. The number of nitrogens with zero attached hydrogens (tertiary/aromatic N) is 1. The van der Waals surface area contributed by atoms with Crippen molar-refractivity contribution in [2.24, 2.45) is 11.8 Å². The van der Waals surface area contributed by atoms with Crippen molar-refractivity contribution in [2.75, 3.05) is 46.5 Å². The lowest BCUT2D eigenvalue weighted by Crippen LogP contribution is -2.31. The van der Waals surface area contributed by atoms with Crippen LogP contribution in [0.5, 0.6) is 5.75 Å². The van der Waals surface area contributed by atoms with E-state index in [1.165, 1.54) is 0 Å². The predicted octanol–water partition coefficient (Wildman–Crippen LogP) is 1.82. The molecule has 6 heteroatoms. The highest BCUT2D eigenvalue weighted by Gasteiger charge is 2.38. The Balaban J connectivity index is 0.00000192. The Kier molecular flexibility index (Phi) is 6.69. The summed E-state index contributed by atoms with van der Waals surface area (Å²) in [7, 11) is 1.68. The van der Waals surface area contributed by atoms with E-state index >= 15 is 0 Å². The van der Waals surface area contributed by atoms with Crippen molar-refractivity contribution in [3.8, 4) is 5.75 Å². The van der Waals surface area contributed by atoms with Crippen LogP contribution in [0.2, 0.25) is 0 Å². The quantitative estimate of drug-likeness (QED) is 0.803. The van der Waals surface area contributed by atoms with Gasteiger partial charge in [-0.05, 0) is 36.1 Å². The van der Waals surface area contributed by atoms with Crippen LogP contribution in [0.3, 0.4) is 0 Å². The summed E-state index contributed by atoms with van der Waals surface area (Å²) in [4.78, 5) is 14.5. The molecule has 0 unspecified atom stereocenters. The number of ether oxygens (including phenoxy) is 2. The Morgan fingerprint density at radius 2 is 1.83 bits per heavy atom. The van der Waals surface area contributed by atoms with Crippen molar-refractivity contribution >= 4 is 18.3 Å². The van der Waals surface area contributed by atoms with Gasteiger partial charge in [-0.25, -0.2) is 0 Å². The summed E-state index contributed by atoms with van der Waals surface area (Å²) >= 11 is 0. The third-order valence-electron chi connectivity index (χ3n) is 4.54. The summed E-state index contributed by atoms with van der Waals surface area (Å²) in [6, 6.07) is 7.47. The van der Waals surface area contributed by atoms with Crippen molar-refractivity contribution in [3.05, 3.63) is 29.8 Å². The highest BCUT2D eigenvalue weighted by atomic mass is 35.5. The molecule has 3 rings (SSSR count). The van der Waals surface area contributed by atoms with Gasteiger partial charge in [0.05, 0.1) is 6.61 Å². The second-order valence-electron chi connectivity index (χ2n) is 6.11. The maximum absolute atomic E-state index is 12.5. The smallest absolute Gasteiger partial charge is 0.253 e. The normalized spacial score (nSPS) is 22.6. The van der Waals surface area contributed by atoms with Gasteiger partial charge in [0.25, 0.3) is 5.91 Å². The van der Waals surface area contributed by atoms with E-state index in [1.54, 1.807) is 7.11 Å². The van der Waals surface area contributed by atoms with Gasteiger partial charge in [-0.1, -0.05) is 0 Å². The van der Waals surface area contributed by atoms with Crippen LogP contribution < -0.4 is 10.1 Å². The molecule has 0 aromatic heterocycles. The van der Waals surface area contributed by atoms with Gasteiger partial charge in [-0.3, -0.25) is 4.79 Å². The fraction of sp³-hybridized carbons (Fsp3) is 0.588. The maximum atomic E-state index is 12.5. The van der Waals surface area contributed by atoms with Gasteiger partial charge in [0.15, 0.2) is 0 Å². The molecule has 2 fully saturated rings. The van der Waals surface area contributed by atoms with Gasteiger partial charge in [-0.15, -0.1) is 12.4 Å². The lowest BCUT2D eigenvalue weighted by molar-refractivity contribution is 0.0781. The summed E-state index contributed by atoms with van der Waals surface area (Å²) in [6.45, 7) is 5.18. The van der Waals surface area contributed by atoms with Crippen molar-refractivity contribution in [3.63, 3.8) is 0 Å². The van der Waals surface area contributed by atoms with E-state index in [4.69, 9.17) is 9.47 Å². The molecule has 128 valence electrons. The van der Waals surface area contributed by atoms with Gasteiger partial charge < -0.3 is 19.7 Å². The number of benzene rings is 1. The largest absolute Gasteiger partial charge is 0.494 e. The van der Waals surface area contributed by atoms with Crippen LogP contribution in [0.4, 0.5) is 0 Å². The minimum atomic E-state index is 0. The predicted molar refractivity (Wildman–Crippen MR) is 91.4 cm³/mol.